The first-order chi connectivity index (χ1) is 8.90. The SMILES string of the molecule is CN1CC(=O)N(Cc2ccc(Cl)c([N+](=O)[O-])c2)C1=O. The average molecular weight is 284 g/mol. The number of nitro benzene ring substituents is 1. The number of hydrogen-bond donors (Lipinski definition) is 0. The van der Waals surface area contributed by atoms with E-state index < -0.39 is 11.0 Å². The molecule has 0 spiro atoms. The number of amides is 3. The zero-order valence-electron chi connectivity index (χ0n) is 10.00. The van der Waals surface area contributed by atoms with Crippen molar-refractivity contribution in [3.05, 3.63) is 38.9 Å². The van der Waals surface area contributed by atoms with Gasteiger partial charge in [-0.25, -0.2) is 4.79 Å². The molecule has 2 rings (SSSR count). The van der Waals surface area contributed by atoms with Crippen LogP contribution in [0.15, 0.2) is 18.2 Å². The molecule has 0 atom stereocenters. The summed E-state index contributed by atoms with van der Waals surface area (Å²) in [5.41, 5.74) is 0.236. The van der Waals surface area contributed by atoms with Gasteiger partial charge in [0.25, 0.3) is 11.6 Å². The summed E-state index contributed by atoms with van der Waals surface area (Å²) in [6, 6.07) is 3.78. The number of rotatable bonds is 3. The first-order valence-electron chi connectivity index (χ1n) is 5.38. The lowest BCUT2D eigenvalue weighted by Crippen LogP contribution is -2.31. The number of halogens is 1. The van der Waals surface area contributed by atoms with E-state index in [4.69, 9.17) is 11.6 Å². The number of carbonyl (C=O) groups excluding carboxylic acids is 2. The normalized spacial score (nSPS) is 15.3. The molecule has 0 N–H and O–H groups in total. The molecule has 1 aromatic carbocycles. The van der Waals surface area contributed by atoms with Crippen LogP contribution in [0.4, 0.5) is 10.5 Å². The van der Waals surface area contributed by atoms with Crippen molar-refractivity contribution in [2.24, 2.45) is 0 Å². The molecular weight excluding hydrogens is 274 g/mol. The number of benzene rings is 1. The van der Waals surface area contributed by atoms with Crippen molar-refractivity contribution in [2.75, 3.05) is 13.6 Å². The van der Waals surface area contributed by atoms with Gasteiger partial charge in [0, 0.05) is 13.1 Å². The van der Waals surface area contributed by atoms with Gasteiger partial charge in [-0.15, -0.1) is 0 Å². The molecule has 0 aromatic heterocycles. The molecule has 0 unspecified atom stereocenters. The highest BCUT2D eigenvalue weighted by Gasteiger charge is 2.33. The molecule has 7 nitrogen and oxygen atoms in total. The van der Waals surface area contributed by atoms with Gasteiger partial charge in [-0.1, -0.05) is 17.7 Å². The molecule has 1 heterocycles. The number of imide groups is 1. The molecule has 19 heavy (non-hydrogen) atoms. The number of hydrogen-bond acceptors (Lipinski definition) is 4. The second kappa shape index (κ2) is 4.85. The minimum absolute atomic E-state index is 0.0000154. The number of urea groups is 1. The standard InChI is InChI=1S/C11H10ClN3O4/c1-13-6-10(16)14(11(13)17)5-7-2-3-8(12)9(4-7)15(18)19/h2-4H,5-6H2,1H3. The number of nitrogens with zero attached hydrogens (tertiary/aromatic N) is 3. The summed E-state index contributed by atoms with van der Waals surface area (Å²) in [6.07, 6.45) is 0. The lowest BCUT2D eigenvalue weighted by atomic mass is 10.2. The predicted molar refractivity (Wildman–Crippen MR) is 66.7 cm³/mol. The van der Waals surface area contributed by atoms with Gasteiger partial charge in [0.05, 0.1) is 11.5 Å². The van der Waals surface area contributed by atoms with Gasteiger partial charge in [0.1, 0.15) is 11.6 Å². The van der Waals surface area contributed by atoms with Crippen LogP contribution in [0.2, 0.25) is 5.02 Å². The monoisotopic (exact) mass is 283 g/mol. The Labute approximate surface area is 113 Å². The van der Waals surface area contributed by atoms with Crippen molar-refractivity contribution in [3.8, 4) is 0 Å². The highest BCUT2D eigenvalue weighted by atomic mass is 35.5. The van der Waals surface area contributed by atoms with E-state index in [2.05, 4.69) is 0 Å². The lowest BCUT2D eigenvalue weighted by molar-refractivity contribution is -0.384. The second-order valence-electron chi connectivity index (χ2n) is 4.16. The Morgan fingerprint density at radius 2 is 2.11 bits per heavy atom. The molecular formula is C11H10ClN3O4. The maximum atomic E-state index is 11.7. The molecule has 0 saturated carbocycles. The van der Waals surface area contributed by atoms with Crippen LogP contribution in [0.25, 0.3) is 0 Å². The quantitative estimate of drug-likeness (QED) is 0.479. The molecule has 0 aliphatic carbocycles. The van der Waals surface area contributed by atoms with Crippen molar-refractivity contribution in [3.63, 3.8) is 0 Å². The predicted octanol–water partition coefficient (Wildman–Crippen LogP) is 1.64. The first kappa shape index (κ1) is 13.3. The van der Waals surface area contributed by atoms with Gasteiger partial charge in [-0.2, -0.15) is 0 Å². The van der Waals surface area contributed by atoms with Crippen LogP contribution in [-0.4, -0.2) is 40.3 Å². The zero-order chi connectivity index (χ0) is 14.2. The van der Waals surface area contributed by atoms with Crippen LogP contribution in [0.1, 0.15) is 5.56 Å². The summed E-state index contributed by atoms with van der Waals surface area (Å²) in [5, 5.41) is 10.8. The van der Waals surface area contributed by atoms with Crippen molar-refractivity contribution in [1.29, 1.82) is 0 Å². The van der Waals surface area contributed by atoms with E-state index in [-0.39, 0.29) is 29.7 Å². The smallest absolute Gasteiger partial charge is 0.318 e. The average Bonchev–Trinajstić information content (AvgIpc) is 2.58. The molecule has 100 valence electrons. The Balaban J connectivity index is 2.25. The number of likely N-dealkylation sites (N-methyl/N-ethyl adjacent to an activating group) is 1. The van der Waals surface area contributed by atoms with Crippen molar-refractivity contribution < 1.29 is 14.5 Å². The third-order valence-electron chi connectivity index (χ3n) is 2.78. The Kier molecular flexibility index (Phi) is 3.39. The van der Waals surface area contributed by atoms with E-state index in [1.807, 2.05) is 0 Å². The van der Waals surface area contributed by atoms with E-state index >= 15 is 0 Å². The molecule has 0 bridgehead atoms. The van der Waals surface area contributed by atoms with Crippen molar-refractivity contribution >= 4 is 29.2 Å². The van der Waals surface area contributed by atoms with Gasteiger partial charge >= 0.3 is 6.03 Å². The maximum absolute atomic E-state index is 11.7. The summed E-state index contributed by atoms with van der Waals surface area (Å²) in [5.74, 6) is -0.329. The molecule has 3 amide bonds. The fourth-order valence-corrected chi connectivity index (χ4v) is 1.99. The zero-order valence-corrected chi connectivity index (χ0v) is 10.8. The second-order valence-corrected chi connectivity index (χ2v) is 4.57. The Morgan fingerprint density at radius 3 is 2.63 bits per heavy atom. The van der Waals surface area contributed by atoms with Gasteiger partial charge < -0.3 is 4.90 Å². The molecule has 0 radical (unpaired) electrons. The summed E-state index contributed by atoms with van der Waals surface area (Å²) in [7, 11) is 1.52. The highest BCUT2D eigenvalue weighted by Crippen LogP contribution is 2.26. The number of carbonyl (C=O) groups is 2. The molecule has 1 fully saturated rings. The first-order valence-corrected chi connectivity index (χ1v) is 5.76. The summed E-state index contributed by atoms with van der Waals surface area (Å²) in [6.45, 7) is 0.0224. The van der Waals surface area contributed by atoms with Gasteiger partial charge in [0.2, 0.25) is 0 Å². The lowest BCUT2D eigenvalue weighted by Gasteiger charge is -2.14. The molecule has 1 aliphatic heterocycles. The largest absolute Gasteiger partial charge is 0.327 e. The Hall–Kier alpha value is -2.15. The molecule has 1 aliphatic rings. The van der Waals surface area contributed by atoms with E-state index in [1.54, 1.807) is 6.07 Å². The summed E-state index contributed by atoms with van der Waals surface area (Å²) >= 11 is 5.69. The Morgan fingerprint density at radius 1 is 1.42 bits per heavy atom. The van der Waals surface area contributed by atoms with E-state index in [0.717, 1.165) is 4.90 Å². The minimum Gasteiger partial charge on any atom is -0.318 e. The van der Waals surface area contributed by atoms with Crippen LogP contribution in [0, 0.1) is 10.1 Å². The summed E-state index contributed by atoms with van der Waals surface area (Å²) < 4.78 is 0. The van der Waals surface area contributed by atoms with Crippen LogP contribution in [-0.2, 0) is 11.3 Å². The highest BCUT2D eigenvalue weighted by molar-refractivity contribution is 6.32. The van der Waals surface area contributed by atoms with Crippen LogP contribution in [0.5, 0.6) is 0 Å². The van der Waals surface area contributed by atoms with E-state index in [1.165, 1.54) is 24.1 Å². The van der Waals surface area contributed by atoms with E-state index in [0.29, 0.717) is 5.56 Å². The molecule has 1 aromatic rings. The Bertz CT molecular complexity index is 575. The molecule has 8 heteroatoms. The minimum atomic E-state index is -0.606. The van der Waals surface area contributed by atoms with Crippen LogP contribution in [0.3, 0.4) is 0 Å². The van der Waals surface area contributed by atoms with Gasteiger partial charge in [-0.05, 0) is 11.6 Å². The third-order valence-corrected chi connectivity index (χ3v) is 3.10. The third kappa shape index (κ3) is 2.50. The molecule has 1 saturated heterocycles. The fourth-order valence-electron chi connectivity index (χ4n) is 1.80. The van der Waals surface area contributed by atoms with Gasteiger partial charge in [-0.3, -0.25) is 19.8 Å². The van der Waals surface area contributed by atoms with Crippen molar-refractivity contribution in [1.82, 2.24) is 9.80 Å². The van der Waals surface area contributed by atoms with Crippen molar-refractivity contribution in [2.45, 2.75) is 6.54 Å². The van der Waals surface area contributed by atoms with Crippen LogP contribution < -0.4 is 0 Å². The van der Waals surface area contributed by atoms with Gasteiger partial charge in [0.15, 0.2) is 0 Å². The summed E-state index contributed by atoms with van der Waals surface area (Å²) in [4.78, 5) is 35.8. The van der Waals surface area contributed by atoms with Crippen LogP contribution >= 0.6 is 11.6 Å². The topological polar surface area (TPSA) is 83.8 Å². The maximum Gasteiger partial charge on any atom is 0.327 e. The van der Waals surface area contributed by atoms with E-state index in [9.17, 15) is 19.7 Å². The fraction of sp³-hybridized carbons (Fsp3) is 0.273. The number of nitro groups is 1.